The molecule has 14 heavy (non-hydrogen) atoms. The van der Waals surface area contributed by atoms with Gasteiger partial charge in [-0.2, -0.15) is 0 Å². The van der Waals surface area contributed by atoms with Gasteiger partial charge in [-0.15, -0.1) is 0 Å². The summed E-state index contributed by atoms with van der Waals surface area (Å²) in [5.41, 5.74) is 0.946. The van der Waals surface area contributed by atoms with Gasteiger partial charge >= 0.3 is 0 Å². The average Bonchev–Trinajstić information content (AvgIpc) is 2.71. The number of pyridine rings is 1. The van der Waals surface area contributed by atoms with Crippen LogP contribution in [0.2, 0.25) is 0 Å². The van der Waals surface area contributed by atoms with Gasteiger partial charge in [-0.25, -0.2) is 8.78 Å². The SMILES string of the molecule is FC(F)c1cncc(C2CCNC2)c1. The molecule has 1 aliphatic heterocycles. The van der Waals surface area contributed by atoms with Crippen LogP contribution in [0.15, 0.2) is 18.5 Å². The molecule has 1 unspecified atom stereocenters. The lowest BCUT2D eigenvalue weighted by atomic mass is 9.99. The number of hydrogen-bond acceptors (Lipinski definition) is 2. The molecule has 76 valence electrons. The molecule has 1 N–H and O–H groups in total. The van der Waals surface area contributed by atoms with Crippen LogP contribution in [0.25, 0.3) is 0 Å². The molecule has 0 spiro atoms. The zero-order chi connectivity index (χ0) is 9.97. The normalized spacial score (nSPS) is 21.8. The predicted molar refractivity (Wildman–Crippen MR) is 49.4 cm³/mol. The second-order valence-corrected chi connectivity index (χ2v) is 3.54. The third kappa shape index (κ3) is 1.90. The van der Waals surface area contributed by atoms with Crippen LogP contribution in [0.1, 0.15) is 29.9 Å². The summed E-state index contributed by atoms with van der Waals surface area (Å²) in [4.78, 5) is 3.84. The summed E-state index contributed by atoms with van der Waals surface area (Å²) in [5.74, 6) is 0.348. The Morgan fingerprint density at radius 2 is 2.29 bits per heavy atom. The van der Waals surface area contributed by atoms with Crippen molar-refractivity contribution in [1.29, 1.82) is 0 Å². The van der Waals surface area contributed by atoms with E-state index in [9.17, 15) is 8.78 Å². The van der Waals surface area contributed by atoms with Crippen molar-refractivity contribution >= 4 is 0 Å². The van der Waals surface area contributed by atoms with Gasteiger partial charge in [0.15, 0.2) is 0 Å². The third-order valence-electron chi connectivity index (χ3n) is 2.56. The van der Waals surface area contributed by atoms with E-state index in [4.69, 9.17) is 0 Å². The Bertz CT molecular complexity index is 309. The minimum Gasteiger partial charge on any atom is -0.316 e. The maximum absolute atomic E-state index is 12.4. The fraction of sp³-hybridized carbons (Fsp3) is 0.500. The van der Waals surface area contributed by atoms with E-state index < -0.39 is 6.43 Å². The third-order valence-corrected chi connectivity index (χ3v) is 2.56. The zero-order valence-electron chi connectivity index (χ0n) is 7.71. The first-order valence-electron chi connectivity index (χ1n) is 4.71. The summed E-state index contributed by atoms with van der Waals surface area (Å²) < 4.78 is 24.8. The molecule has 0 aliphatic carbocycles. The number of halogens is 2. The van der Waals surface area contributed by atoms with E-state index in [1.165, 1.54) is 6.20 Å². The Balaban J connectivity index is 2.21. The molecule has 2 heterocycles. The van der Waals surface area contributed by atoms with Crippen molar-refractivity contribution in [1.82, 2.24) is 10.3 Å². The molecule has 0 bridgehead atoms. The van der Waals surface area contributed by atoms with Gasteiger partial charge in [0.2, 0.25) is 0 Å². The molecule has 0 amide bonds. The smallest absolute Gasteiger partial charge is 0.265 e. The first kappa shape index (κ1) is 9.52. The van der Waals surface area contributed by atoms with E-state index in [2.05, 4.69) is 10.3 Å². The molecule has 0 radical (unpaired) electrons. The Morgan fingerprint density at radius 1 is 1.43 bits per heavy atom. The minimum atomic E-state index is -2.42. The lowest BCUT2D eigenvalue weighted by Crippen LogP contribution is -2.08. The molecular formula is C10H12F2N2. The second-order valence-electron chi connectivity index (χ2n) is 3.54. The van der Waals surface area contributed by atoms with Crippen molar-refractivity contribution in [2.45, 2.75) is 18.8 Å². The van der Waals surface area contributed by atoms with Crippen molar-refractivity contribution in [3.05, 3.63) is 29.6 Å². The summed E-state index contributed by atoms with van der Waals surface area (Å²) in [5, 5.41) is 3.20. The summed E-state index contributed by atoms with van der Waals surface area (Å²) in [6.45, 7) is 1.83. The van der Waals surface area contributed by atoms with Crippen molar-refractivity contribution in [2.24, 2.45) is 0 Å². The standard InChI is InChI=1S/C10H12F2N2/c11-10(12)9-3-8(5-14-6-9)7-1-2-13-4-7/h3,5-7,10,13H,1-2,4H2. The van der Waals surface area contributed by atoms with Crippen LogP contribution in [0.5, 0.6) is 0 Å². The first-order valence-corrected chi connectivity index (χ1v) is 4.71. The Morgan fingerprint density at radius 3 is 2.93 bits per heavy atom. The average molecular weight is 198 g/mol. The first-order chi connectivity index (χ1) is 6.77. The quantitative estimate of drug-likeness (QED) is 0.787. The minimum absolute atomic E-state index is 0.0226. The largest absolute Gasteiger partial charge is 0.316 e. The van der Waals surface area contributed by atoms with Crippen LogP contribution in [-0.4, -0.2) is 18.1 Å². The molecular weight excluding hydrogens is 186 g/mol. The summed E-state index contributed by atoms with van der Waals surface area (Å²) in [7, 11) is 0. The number of nitrogens with zero attached hydrogens (tertiary/aromatic N) is 1. The van der Waals surface area contributed by atoms with Gasteiger partial charge in [0, 0.05) is 24.5 Å². The van der Waals surface area contributed by atoms with E-state index in [-0.39, 0.29) is 5.56 Å². The van der Waals surface area contributed by atoms with Gasteiger partial charge in [-0.05, 0) is 30.5 Å². The molecule has 1 atom stereocenters. The van der Waals surface area contributed by atoms with Gasteiger partial charge < -0.3 is 5.32 Å². The van der Waals surface area contributed by atoms with Crippen LogP contribution in [-0.2, 0) is 0 Å². The van der Waals surface area contributed by atoms with Crippen molar-refractivity contribution in [3.63, 3.8) is 0 Å². The highest BCUT2D eigenvalue weighted by Gasteiger charge is 2.18. The molecule has 2 rings (SSSR count). The topological polar surface area (TPSA) is 24.9 Å². The molecule has 0 aromatic carbocycles. The Hall–Kier alpha value is -1.03. The molecule has 1 aromatic heterocycles. The van der Waals surface area contributed by atoms with Crippen molar-refractivity contribution in [2.75, 3.05) is 13.1 Å². The Labute approximate surface area is 81.4 Å². The second kappa shape index (κ2) is 4.00. The lowest BCUT2D eigenvalue weighted by Gasteiger charge is -2.09. The number of hydrogen-bond donors (Lipinski definition) is 1. The van der Waals surface area contributed by atoms with Gasteiger partial charge in [-0.3, -0.25) is 4.98 Å². The molecule has 1 fully saturated rings. The highest BCUT2D eigenvalue weighted by atomic mass is 19.3. The fourth-order valence-corrected chi connectivity index (χ4v) is 1.76. The summed E-state index contributed by atoms with van der Waals surface area (Å²) in [6.07, 6.45) is 1.51. The van der Waals surface area contributed by atoms with E-state index in [1.807, 2.05) is 0 Å². The number of nitrogens with one attached hydrogen (secondary N) is 1. The molecule has 2 nitrogen and oxygen atoms in total. The van der Waals surface area contributed by atoms with E-state index >= 15 is 0 Å². The predicted octanol–water partition coefficient (Wildman–Crippen LogP) is 2.10. The van der Waals surface area contributed by atoms with E-state index in [1.54, 1.807) is 12.3 Å². The van der Waals surface area contributed by atoms with Crippen LogP contribution in [0.4, 0.5) is 8.78 Å². The molecule has 1 saturated heterocycles. The monoisotopic (exact) mass is 198 g/mol. The van der Waals surface area contributed by atoms with Gasteiger partial charge in [0.05, 0.1) is 0 Å². The molecule has 0 saturated carbocycles. The maximum Gasteiger partial charge on any atom is 0.265 e. The summed E-state index contributed by atoms with van der Waals surface area (Å²) >= 11 is 0. The van der Waals surface area contributed by atoms with Crippen molar-refractivity contribution < 1.29 is 8.78 Å². The number of aromatic nitrogens is 1. The van der Waals surface area contributed by atoms with Crippen molar-refractivity contribution in [3.8, 4) is 0 Å². The van der Waals surface area contributed by atoms with Gasteiger partial charge in [-0.1, -0.05) is 0 Å². The zero-order valence-corrected chi connectivity index (χ0v) is 7.71. The number of rotatable bonds is 2. The molecule has 4 heteroatoms. The molecule has 1 aromatic rings. The van der Waals surface area contributed by atoms with Crippen LogP contribution >= 0.6 is 0 Å². The fourth-order valence-electron chi connectivity index (χ4n) is 1.76. The van der Waals surface area contributed by atoms with Crippen LogP contribution in [0, 0.1) is 0 Å². The maximum atomic E-state index is 12.4. The van der Waals surface area contributed by atoms with E-state index in [0.717, 1.165) is 25.1 Å². The summed E-state index contributed by atoms with van der Waals surface area (Å²) in [6, 6.07) is 1.56. The number of alkyl halides is 2. The lowest BCUT2D eigenvalue weighted by molar-refractivity contribution is 0.151. The highest BCUT2D eigenvalue weighted by Crippen LogP contribution is 2.25. The highest BCUT2D eigenvalue weighted by molar-refractivity contribution is 5.23. The van der Waals surface area contributed by atoms with Gasteiger partial charge in [0.1, 0.15) is 0 Å². The van der Waals surface area contributed by atoms with Crippen LogP contribution < -0.4 is 5.32 Å². The van der Waals surface area contributed by atoms with E-state index in [0.29, 0.717) is 5.92 Å². The van der Waals surface area contributed by atoms with Crippen LogP contribution in [0.3, 0.4) is 0 Å². The molecule has 1 aliphatic rings. The van der Waals surface area contributed by atoms with Gasteiger partial charge in [0.25, 0.3) is 6.43 Å². The Kier molecular flexibility index (Phi) is 2.72.